The summed E-state index contributed by atoms with van der Waals surface area (Å²) in [4.78, 5) is 9.23. The number of piperazine rings is 1. The molecule has 114 valence electrons. The summed E-state index contributed by atoms with van der Waals surface area (Å²) in [6.45, 7) is 4.08. The fourth-order valence-corrected chi connectivity index (χ4v) is 3.01. The maximum Gasteiger partial charge on any atom is 0.201 e. The average molecular weight is 289 g/mol. The van der Waals surface area contributed by atoms with E-state index in [9.17, 15) is 0 Å². The molecule has 1 aliphatic heterocycles. The highest BCUT2D eigenvalue weighted by atomic mass is 16.5. The van der Waals surface area contributed by atoms with Crippen molar-refractivity contribution in [2.45, 2.75) is 12.6 Å². The van der Waals surface area contributed by atoms with Crippen LogP contribution in [0.2, 0.25) is 0 Å². The van der Waals surface area contributed by atoms with Gasteiger partial charge in [-0.15, -0.1) is 0 Å². The van der Waals surface area contributed by atoms with Crippen molar-refractivity contribution in [2.75, 3.05) is 46.6 Å². The number of anilines is 1. The number of ether oxygens (including phenoxy) is 1. The largest absolute Gasteiger partial charge is 0.494 e. The number of hydrogen-bond acceptors (Lipinski definition) is 5. The van der Waals surface area contributed by atoms with Gasteiger partial charge >= 0.3 is 0 Å². The third-order valence-corrected chi connectivity index (χ3v) is 4.36. The molecule has 0 aliphatic carbocycles. The highest BCUT2D eigenvalue weighted by molar-refractivity contribution is 5.84. The minimum atomic E-state index is 0.439. The number of nitrogen functional groups attached to an aromatic ring is 1. The number of fused-ring (bicyclic) bond motifs is 1. The van der Waals surface area contributed by atoms with Crippen LogP contribution in [0.25, 0.3) is 11.0 Å². The van der Waals surface area contributed by atoms with Crippen LogP contribution in [0, 0.1) is 0 Å². The van der Waals surface area contributed by atoms with E-state index < -0.39 is 0 Å². The minimum absolute atomic E-state index is 0.439. The quantitative estimate of drug-likeness (QED) is 0.908. The van der Waals surface area contributed by atoms with Crippen LogP contribution in [-0.4, -0.2) is 66.2 Å². The molecular formula is C15H23N5O. The van der Waals surface area contributed by atoms with E-state index >= 15 is 0 Å². The summed E-state index contributed by atoms with van der Waals surface area (Å²) < 4.78 is 7.47. The van der Waals surface area contributed by atoms with Crippen LogP contribution in [0.1, 0.15) is 0 Å². The number of likely N-dealkylation sites (N-methyl/N-ethyl adjacent to an activating group) is 2. The number of rotatable bonds is 3. The standard InChI is InChI=1S/C15H23N5O/c1-18-7-8-19(2)11(9-18)10-20-12-5-4-6-13(21-3)14(12)17-15(20)16/h4-6,11H,7-10H2,1-3H3,(H2,16,17). The number of nitrogens with two attached hydrogens (primary N) is 1. The Hall–Kier alpha value is -1.79. The van der Waals surface area contributed by atoms with Crippen LogP contribution < -0.4 is 10.5 Å². The van der Waals surface area contributed by atoms with E-state index in [4.69, 9.17) is 10.5 Å². The number of benzene rings is 1. The molecule has 0 bridgehead atoms. The first-order chi connectivity index (χ1) is 10.1. The van der Waals surface area contributed by atoms with Gasteiger partial charge in [0.2, 0.25) is 5.95 Å². The second kappa shape index (κ2) is 5.54. The summed E-state index contributed by atoms with van der Waals surface area (Å²) >= 11 is 0. The van der Waals surface area contributed by atoms with Crippen molar-refractivity contribution in [3.63, 3.8) is 0 Å². The molecule has 21 heavy (non-hydrogen) atoms. The van der Waals surface area contributed by atoms with Gasteiger partial charge in [0, 0.05) is 32.2 Å². The SMILES string of the molecule is COc1cccc2c1nc(N)n2CC1CN(C)CCN1C. The highest BCUT2D eigenvalue weighted by Gasteiger charge is 2.24. The Balaban J connectivity index is 1.95. The molecule has 2 aromatic rings. The first-order valence-corrected chi connectivity index (χ1v) is 7.27. The molecule has 2 N–H and O–H groups in total. The predicted molar refractivity (Wildman–Crippen MR) is 84.6 cm³/mol. The normalized spacial score (nSPS) is 21.0. The van der Waals surface area contributed by atoms with E-state index in [1.54, 1.807) is 7.11 Å². The molecule has 0 amide bonds. The number of methoxy groups -OCH3 is 1. The molecule has 1 saturated heterocycles. The monoisotopic (exact) mass is 289 g/mol. The summed E-state index contributed by atoms with van der Waals surface area (Å²) in [7, 11) is 6.00. The van der Waals surface area contributed by atoms with E-state index in [0.717, 1.165) is 43.0 Å². The first-order valence-electron chi connectivity index (χ1n) is 7.27. The molecule has 2 heterocycles. The molecule has 1 aliphatic rings. The van der Waals surface area contributed by atoms with Crippen LogP contribution in [0.4, 0.5) is 5.95 Å². The summed E-state index contributed by atoms with van der Waals surface area (Å²) in [6, 6.07) is 6.39. The zero-order valence-electron chi connectivity index (χ0n) is 12.9. The molecule has 0 spiro atoms. The molecule has 1 aromatic heterocycles. The molecule has 1 fully saturated rings. The van der Waals surface area contributed by atoms with E-state index in [0.29, 0.717) is 12.0 Å². The van der Waals surface area contributed by atoms with Crippen LogP contribution in [0.5, 0.6) is 5.75 Å². The Labute approximate surface area is 125 Å². The molecule has 1 atom stereocenters. The van der Waals surface area contributed by atoms with Gasteiger partial charge in [0.05, 0.1) is 12.6 Å². The van der Waals surface area contributed by atoms with E-state index in [1.165, 1.54) is 0 Å². The summed E-state index contributed by atoms with van der Waals surface area (Å²) in [5, 5.41) is 0. The zero-order valence-corrected chi connectivity index (χ0v) is 12.9. The summed E-state index contributed by atoms with van der Waals surface area (Å²) in [6.07, 6.45) is 0. The number of imidazole rings is 1. The van der Waals surface area contributed by atoms with Gasteiger partial charge in [-0.1, -0.05) is 6.07 Å². The molecule has 1 unspecified atom stereocenters. The van der Waals surface area contributed by atoms with Gasteiger partial charge in [-0.2, -0.15) is 0 Å². The molecule has 6 heteroatoms. The Morgan fingerprint density at radius 1 is 1.33 bits per heavy atom. The van der Waals surface area contributed by atoms with Gasteiger partial charge in [-0.3, -0.25) is 4.90 Å². The third-order valence-electron chi connectivity index (χ3n) is 4.36. The van der Waals surface area contributed by atoms with Gasteiger partial charge in [-0.25, -0.2) is 4.98 Å². The van der Waals surface area contributed by atoms with Crippen molar-refractivity contribution in [3.8, 4) is 5.75 Å². The Morgan fingerprint density at radius 3 is 2.90 bits per heavy atom. The first kappa shape index (κ1) is 14.2. The van der Waals surface area contributed by atoms with E-state index in [1.807, 2.05) is 18.2 Å². The maximum absolute atomic E-state index is 6.14. The van der Waals surface area contributed by atoms with E-state index in [-0.39, 0.29) is 0 Å². The van der Waals surface area contributed by atoms with Crippen LogP contribution >= 0.6 is 0 Å². The lowest BCUT2D eigenvalue weighted by molar-refractivity contribution is 0.104. The zero-order chi connectivity index (χ0) is 15.0. The maximum atomic E-state index is 6.14. The second-order valence-electron chi connectivity index (χ2n) is 5.81. The van der Waals surface area contributed by atoms with Crippen LogP contribution in [0.15, 0.2) is 18.2 Å². The number of aromatic nitrogens is 2. The number of nitrogens with zero attached hydrogens (tertiary/aromatic N) is 4. The smallest absolute Gasteiger partial charge is 0.201 e. The average Bonchev–Trinajstić information content (AvgIpc) is 2.79. The Bertz CT molecular complexity index is 638. The van der Waals surface area contributed by atoms with Crippen molar-refractivity contribution in [2.24, 2.45) is 0 Å². The van der Waals surface area contributed by atoms with Crippen LogP contribution in [0.3, 0.4) is 0 Å². The van der Waals surface area contributed by atoms with Crippen molar-refractivity contribution in [1.82, 2.24) is 19.4 Å². The van der Waals surface area contributed by atoms with Gasteiger partial charge in [-0.05, 0) is 26.2 Å². The molecule has 1 aromatic carbocycles. The number of hydrogen-bond donors (Lipinski definition) is 1. The lowest BCUT2D eigenvalue weighted by atomic mass is 10.2. The van der Waals surface area contributed by atoms with Gasteiger partial charge in [0.15, 0.2) is 0 Å². The van der Waals surface area contributed by atoms with Gasteiger partial charge in [0.25, 0.3) is 0 Å². The highest BCUT2D eigenvalue weighted by Crippen LogP contribution is 2.27. The topological polar surface area (TPSA) is 59.6 Å². The summed E-state index contributed by atoms with van der Waals surface area (Å²) in [5.41, 5.74) is 8.01. The molecule has 0 saturated carbocycles. The Kier molecular flexibility index (Phi) is 3.73. The van der Waals surface area contributed by atoms with Crippen molar-refractivity contribution in [3.05, 3.63) is 18.2 Å². The van der Waals surface area contributed by atoms with Crippen molar-refractivity contribution < 1.29 is 4.74 Å². The lowest BCUT2D eigenvalue weighted by Gasteiger charge is -2.38. The Morgan fingerprint density at radius 2 is 2.14 bits per heavy atom. The second-order valence-corrected chi connectivity index (χ2v) is 5.81. The molecule has 6 nitrogen and oxygen atoms in total. The predicted octanol–water partition coefficient (Wildman–Crippen LogP) is 0.873. The lowest BCUT2D eigenvalue weighted by Crippen LogP contribution is -2.51. The minimum Gasteiger partial charge on any atom is -0.494 e. The number of para-hydroxylation sites is 1. The molecule has 3 rings (SSSR count). The van der Waals surface area contributed by atoms with Crippen molar-refractivity contribution >= 4 is 17.0 Å². The molecule has 0 radical (unpaired) electrons. The summed E-state index contributed by atoms with van der Waals surface area (Å²) in [5.74, 6) is 1.32. The fraction of sp³-hybridized carbons (Fsp3) is 0.533. The molecular weight excluding hydrogens is 266 g/mol. The van der Waals surface area contributed by atoms with Crippen molar-refractivity contribution in [1.29, 1.82) is 0 Å². The van der Waals surface area contributed by atoms with Crippen LogP contribution in [-0.2, 0) is 6.54 Å². The van der Waals surface area contributed by atoms with Gasteiger partial charge < -0.3 is 19.9 Å². The third kappa shape index (κ3) is 2.56. The fourth-order valence-electron chi connectivity index (χ4n) is 3.01. The van der Waals surface area contributed by atoms with Gasteiger partial charge in [0.1, 0.15) is 11.3 Å². The van der Waals surface area contributed by atoms with E-state index in [2.05, 4.69) is 33.4 Å².